The van der Waals surface area contributed by atoms with Gasteiger partial charge < -0.3 is 19.5 Å². The molecular weight excluding hydrogens is 292 g/mol. The highest BCUT2D eigenvalue weighted by Crippen LogP contribution is 2.21. The lowest BCUT2D eigenvalue weighted by molar-refractivity contribution is 0.104. The minimum absolute atomic E-state index is 0.445. The third-order valence-electron chi connectivity index (χ3n) is 4.22. The molecule has 0 aliphatic carbocycles. The van der Waals surface area contributed by atoms with Crippen molar-refractivity contribution < 1.29 is 5.11 Å². The van der Waals surface area contributed by atoms with Gasteiger partial charge in [-0.3, -0.25) is 0 Å². The Kier molecular flexibility index (Phi) is 6.29. The van der Waals surface area contributed by atoms with Gasteiger partial charge in [0.05, 0.1) is 19.0 Å². The van der Waals surface area contributed by atoms with Crippen LogP contribution in [0.5, 0.6) is 0 Å². The van der Waals surface area contributed by atoms with E-state index in [9.17, 15) is 5.11 Å². The van der Waals surface area contributed by atoms with E-state index in [0.717, 1.165) is 43.2 Å². The van der Waals surface area contributed by atoms with Crippen molar-refractivity contribution >= 4 is 17.0 Å². The molecule has 2 aromatic rings. The molecule has 23 heavy (non-hydrogen) atoms. The van der Waals surface area contributed by atoms with Gasteiger partial charge in [-0.1, -0.05) is 13.8 Å². The number of hydrogen-bond donors (Lipinski definition) is 1. The van der Waals surface area contributed by atoms with Crippen LogP contribution in [0.1, 0.15) is 27.7 Å². The van der Waals surface area contributed by atoms with Crippen LogP contribution < -0.4 is 4.90 Å². The predicted octanol–water partition coefficient (Wildman–Crippen LogP) is 1.38. The quantitative estimate of drug-likeness (QED) is 0.752. The summed E-state index contributed by atoms with van der Waals surface area (Å²) < 4.78 is 1.91. The Balaban J connectivity index is 2.21. The van der Waals surface area contributed by atoms with Crippen LogP contribution in [-0.2, 0) is 6.54 Å². The molecule has 0 spiro atoms. The zero-order valence-corrected chi connectivity index (χ0v) is 14.6. The first kappa shape index (κ1) is 17.6. The molecule has 0 bridgehead atoms. The van der Waals surface area contributed by atoms with E-state index in [4.69, 9.17) is 0 Å². The molecule has 7 nitrogen and oxygen atoms in total. The van der Waals surface area contributed by atoms with Gasteiger partial charge in [0.15, 0.2) is 17.0 Å². The van der Waals surface area contributed by atoms with E-state index in [0.29, 0.717) is 13.1 Å². The van der Waals surface area contributed by atoms with Gasteiger partial charge in [-0.25, -0.2) is 15.0 Å². The molecule has 0 aliphatic rings. The van der Waals surface area contributed by atoms with Gasteiger partial charge in [0.1, 0.15) is 6.33 Å². The third kappa shape index (κ3) is 3.97. The summed E-state index contributed by atoms with van der Waals surface area (Å²) in [4.78, 5) is 17.6. The van der Waals surface area contributed by atoms with Gasteiger partial charge in [0.2, 0.25) is 0 Å². The number of anilines is 1. The van der Waals surface area contributed by atoms with Crippen molar-refractivity contribution in [3.63, 3.8) is 0 Å². The molecular formula is C16H28N6O. The van der Waals surface area contributed by atoms with Crippen molar-refractivity contribution in [1.82, 2.24) is 24.4 Å². The van der Waals surface area contributed by atoms with Crippen molar-refractivity contribution in [1.29, 1.82) is 0 Å². The van der Waals surface area contributed by atoms with E-state index < -0.39 is 6.10 Å². The molecule has 0 fully saturated rings. The molecule has 0 saturated carbocycles. The average Bonchev–Trinajstić information content (AvgIpc) is 2.97. The summed E-state index contributed by atoms with van der Waals surface area (Å²) in [5.74, 6) is 0.858. The number of fused-ring (bicyclic) bond motifs is 1. The van der Waals surface area contributed by atoms with Crippen LogP contribution >= 0.6 is 0 Å². The number of imidazole rings is 1. The normalized spacial score (nSPS) is 13.0. The number of aliphatic hydroxyl groups excluding tert-OH is 1. The third-order valence-corrected chi connectivity index (χ3v) is 4.22. The maximum absolute atomic E-state index is 10.3. The van der Waals surface area contributed by atoms with Crippen LogP contribution in [0.2, 0.25) is 0 Å². The van der Waals surface area contributed by atoms with Gasteiger partial charge >= 0.3 is 0 Å². The number of likely N-dealkylation sites (N-methyl/N-ethyl adjacent to an activating group) is 1. The Hall–Kier alpha value is -1.73. The lowest BCUT2D eigenvalue weighted by atomic mass is 10.3. The van der Waals surface area contributed by atoms with Crippen LogP contribution in [0.15, 0.2) is 12.7 Å². The first-order chi connectivity index (χ1) is 11.1. The van der Waals surface area contributed by atoms with Crippen molar-refractivity contribution in [3.05, 3.63) is 12.7 Å². The molecule has 0 radical (unpaired) electrons. The van der Waals surface area contributed by atoms with Crippen molar-refractivity contribution in [2.45, 2.75) is 40.3 Å². The highest BCUT2D eigenvalue weighted by Gasteiger charge is 2.16. The lowest BCUT2D eigenvalue weighted by Gasteiger charge is -2.22. The molecule has 128 valence electrons. The van der Waals surface area contributed by atoms with Crippen LogP contribution in [-0.4, -0.2) is 68.4 Å². The minimum Gasteiger partial charge on any atom is -0.390 e. The Morgan fingerprint density at radius 1 is 1.04 bits per heavy atom. The molecule has 2 rings (SSSR count). The summed E-state index contributed by atoms with van der Waals surface area (Å²) in [6.07, 6.45) is 2.88. The number of aliphatic hydroxyl groups is 1. The number of hydrogen-bond acceptors (Lipinski definition) is 6. The zero-order chi connectivity index (χ0) is 16.8. The van der Waals surface area contributed by atoms with Crippen LogP contribution in [0.4, 0.5) is 5.82 Å². The fraction of sp³-hybridized carbons (Fsp3) is 0.688. The molecule has 1 atom stereocenters. The van der Waals surface area contributed by atoms with E-state index in [-0.39, 0.29) is 0 Å². The second-order valence-electron chi connectivity index (χ2n) is 5.58. The average molecular weight is 320 g/mol. The van der Waals surface area contributed by atoms with Crippen molar-refractivity contribution in [3.8, 4) is 0 Å². The van der Waals surface area contributed by atoms with E-state index in [2.05, 4.69) is 52.4 Å². The maximum Gasteiger partial charge on any atom is 0.165 e. The first-order valence-electron chi connectivity index (χ1n) is 8.45. The molecule has 7 heteroatoms. The summed E-state index contributed by atoms with van der Waals surface area (Å²) in [5.41, 5.74) is 1.58. The van der Waals surface area contributed by atoms with Gasteiger partial charge in [0, 0.05) is 19.6 Å². The fourth-order valence-electron chi connectivity index (χ4n) is 2.82. The highest BCUT2D eigenvalue weighted by atomic mass is 16.3. The number of rotatable bonds is 9. The molecule has 2 heterocycles. The molecule has 1 N–H and O–H groups in total. The summed E-state index contributed by atoms with van der Waals surface area (Å²) in [6.45, 7) is 13.2. The van der Waals surface area contributed by atoms with Gasteiger partial charge in [-0.15, -0.1) is 0 Å². The summed E-state index contributed by atoms with van der Waals surface area (Å²) in [5, 5.41) is 10.3. The van der Waals surface area contributed by atoms with Crippen molar-refractivity contribution in [2.24, 2.45) is 0 Å². The monoisotopic (exact) mass is 320 g/mol. The van der Waals surface area contributed by atoms with Gasteiger partial charge in [-0.2, -0.15) is 0 Å². The second kappa shape index (κ2) is 8.21. The second-order valence-corrected chi connectivity index (χ2v) is 5.58. The molecule has 0 amide bonds. The molecule has 0 aromatic carbocycles. The summed E-state index contributed by atoms with van der Waals surface area (Å²) in [7, 11) is 0. The molecule has 0 saturated heterocycles. The van der Waals surface area contributed by atoms with Crippen molar-refractivity contribution in [2.75, 3.05) is 37.6 Å². The Morgan fingerprint density at radius 3 is 2.35 bits per heavy atom. The fourth-order valence-corrected chi connectivity index (χ4v) is 2.82. The highest BCUT2D eigenvalue weighted by molar-refractivity contribution is 5.83. The largest absolute Gasteiger partial charge is 0.390 e. The Labute approximate surface area is 138 Å². The number of nitrogens with zero attached hydrogens (tertiary/aromatic N) is 6. The molecule has 0 aliphatic heterocycles. The Bertz CT molecular complexity index is 606. The number of aromatic nitrogens is 4. The van der Waals surface area contributed by atoms with Gasteiger partial charge in [-0.05, 0) is 26.9 Å². The topological polar surface area (TPSA) is 70.3 Å². The summed E-state index contributed by atoms with van der Waals surface area (Å²) in [6, 6.07) is 0. The maximum atomic E-state index is 10.3. The molecule has 2 aromatic heterocycles. The van der Waals surface area contributed by atoms with E-state index in [1.54, 1.807) is 12.7 Å². The SMILES string of the molecule is CCN(CC)CC(O)Cn1cnc2c(N(CC)CC)ncnc21. The summed E-state index contributed by atoms with van der Waals surface area (Å²) >= 11 is 0. The predicted molar refractivity (Wildman–Crippen MR) is 92.7 cm³/mol. The first-order valence-corrected chi connectivity index (χ1v) is 8.45. The lowest BCUT2D eigenvalue weighted by Crippen LogP contribution is -2.34. The zero-order valence-electron chi connectivity index (χ0n) is 14.6. The smallest absolute Gasteiger partial charge is 0.165 e. The Morgan fingerprint density at radius 2 is 1.74 bits per heavy atom. The van der Waals surface area contributed by atoms with E-state index in [1.807, 2.05) is 4.57 Å². The van der Waals surface area contributed by atoms with Crippen LogP contribution in [0, 0.1) is 0 Å². The van der Waals surface area contributed by atoms with Gasteiger partial charge in [0.25, 0.3) is 0 Å². The van der Waals surface area contributed by atoms with E-state index in [1.165, 1.54) is 0 Å². The van der Waals surface area contributed by atoms with E-state index >= 15 is 0 Å². The standard InChI is InChI=1S/C16H28N6O/c1-5-20(6-2)9-13(23)10-22-12-19-14-15(21(7-3)8-4)17-11-18-16(14)22/h11-13,23H,5-10H2,1-4H3. The minimum atomic E-state index is -0.445. The molecule has 1 unspecified atom stereocenters. The van der Waals surface area contributed by atoms with Crippen LogP contribution in [0.3, 0.4) is 0 Å². The van der Waals surface area contributed by atoms with Crippen LogP contribution in [0.25, 0.3) is 11.2 Å².